The molecule has 0 aliphatic carbocycles. The fourth-order valence-electron chi connectivity index (χ4n) is 1.33. The maximum absolute atomic E-state index is 11.6. The molecule has 1 aromatic rings. The highest BCUT2D eigenvalue weighted by Gasteiger charge is 2.10. The van der Waals surface area contributed by atoms with Crippen LogP contribution >= 0.6 is 0 Å². The molecule has 100 valence electrons. The SMILES string of the molecule is CCC(N)C(=O)Nc1cccc(OCCOC)c1. The van der Waals surface area contributed by atoms with Crippen LogP contribution in [0.1, 0.15) is 13.3 Å². The molecule has 3 N–H and O–H groups in total. The molecule has 0 saturated heterocycles. The third kappa shape index (κ3) is 4.73. The molecule has 1 atom stereocenters. The van der Waals surface area contributed by atoms with E-state index in [0.717, 1.165) is 0 Å². The summed E-state index contributed by atoms with van der Waals surface area (Å²) in [4.78, 5) is 11.6. The van der Waals surface area contributed by atoms with Gasteiger partial charge in [0.2, 0.25) is 5.91 Å². The molecule has 0 radical (unpaired) electrons. The highest BCUT2D eigenvalue weighted by molar-refractivity contribution is 5.94. The molecule has 0 aliphatic rings. The van der Waals surface area contributed by atoms with E-state index in [4.69, 9.17) is 15.2 Å². The monoisotopic (exact) mass is 252 g/mol. The molecular weight excluding hydrogens is 232 g/mol. The Morgan fingerprint density at radius 2 is 2.22 bits per heavy atom. The van der Waals surface area contributed by atoms with Crippen LogP contribution in [0.25, 0.3) is 0 Å². The second-order valence-electron chi connectivity index (χ2n) is 3.87. The molecule has 1 rings (SSSR count). The topological polar surface area (TPSA) is 73.6 Å². The molecule has 0 spiro atoms. The second-order valence-corrected chi connectivity index (χ2v) is 3.87. The molecule has 1 unspecified atom stereocenters. The first kappa shape index (κ1) is 14.5. The lowest BCUT2D eigenvalue weighted by Crippen LogP contribution is -2.34. The number of carbonyl (C=O) groups is 1. The Bertz CT molecular complexity index is 382. The summed E-state index contributed by atoms with van der Waals surface area (Å²) in [6.45, 7) is 2.87. The normalized spacial score (nSPS) is 11.9. The molecule has 0 aliphatic heterocycles. The third-order valence-electron chi connectivity index (χ3n) is 2.43. The molecule has 18 heavy (non-hydrogen) atoms. The molecule has 1 aromatic carbocycles. The molecule has 5 nitrogen and oxygen atoms in total. The fraction of sp³-hybridized carbons (Fsp3) is 0.462. The van der Waals surface area contributed by atoms with Crippen LogP contribution in [0.2, 0.25) is 0 Å². The molecule has 0 bridgehead atoms. The van der Waals surface area contributed by atoms with Gasteiger partial charge in [-0.1, -0.05) is 13.0 Å². The predicted molar refractivity (Wildman–Crippen MR) is 70.7 cm³/mol. The molecule has 0 aromatic heterocycles. The van der Waals surface area contributed by atoms with Gasteiger partial charge >= 0.3 is 0 Å². The lowest BCUT2D eigenvalue weighted by molar-refractivity contribution is -0.117. The van der Waals surface area contributed by atoms with Crippen LogP contribution in [0.4, 0.5) is 5.69 Å². The fourth-order valence-corrected chi connectivity index (χ4v) is 1.33. The average Bonchev–Trinajstić information content (AvgIpc) is 2.38. The summed E-state index contributed by atoms with van der Waals surface area (Å²) in [5.74, 6) is 0.501. The van der Waals surface area contributed by atoms with Crippen LogP contribution in [-0.4, -0.2) is 32.3 Å². The van der Waals surface area contributed by atoms with Gasteiger partial charge in [0.25, 0.3) is 0 Å². The summed E-state index contributed by atoms with van der Waals surface area (Å²) in [5.41, 5.74) is 6.32. The van der Waals surface area contributed by atoms with Gasteiger partial charge < -0.3 is 20.5 Å². The van der Waals surface area contributed by atoms with Crippen molar-refractivity contribution in [3.63, 3.8) is 0 Å². The summed E-state index contributed by atoms with van der Waals surface area (Å²) >= 11 is 0. The van der Waals surface area contributed by atoms with E-state index in [9.17, 15) is 4.79 Å². The van der Waals surface area contributed by atoms with Crippen molar-refractivity contribution in [2.24, 2.45) is 5.73 Å². The van der Waals surface area contributed by atoms with Crippen LogP contribution in [0.15, 0.2) is 24.3 Å². The number of carbonyl (C=O) groups excluding carboxylic acids is 1. The van der Waals surface area contributed by atoms with E-state index in [-0.39, 0.29) is 5.91 Å². The number of amides is 1. The van der Waals surface area contributed by atoms with Crippen LogP contribution in [0.3, 0.4) is 0 Å². The Kier molecular flexibility index (Phi) is 6.18. The highest BCUT2D eigenvalue weighted by Crippen LogP contribution is 2.17. The standard InChI is InChI=1S/C13H20N2O3/c1-3-12(14)13(16)15-10-5-4-6-11(9-10)18-8-7-17-2/h4-6,9,12H,3,7-8,14H2,1-2H3,(H,15,16). The van der Waals surface area contributed by atoms with E-state index in [0.29, 0.717) is 31.1 Å². The van der Waals surface area contributed by atoms with E-state index >= 15 is 0 Å². The minimum Gasteiger partial charge on any atom is -0.491 e. The zero-order valence-corrected chi connectivity index (χ0v) is 10.8. The Hall–Kier alpha value is -1.59. The summed E-state index contributed by atoms with van der Waals surface area (Å²) in [5, 5.41) is 2.75. The van der Waals surface area contributed by atoms with Gasteiger partial charge in [0, 0.05) is 18.9 Å². The van der Waals surface area contributed by atoms with Gasteiger partial charge in [-0.05, 0) is 18.6 Å². The lowest BCUT2D eigenvalue weighted by atomic mass is 10.2. The smallest absolute Gasteiger partial charge is 0.241 e. The Labute approximate surface area is 107 Å². The van der Waals surface area contributed by atoms with Gasteiger partial charge in [0.05, 0.1) is 12.6 Å². The van der Waals surface area contributed by atoms with E-state index in [1.54, 1.807) is 19.2 Å². The number of methoxy groups -OCH3 is 1. The quantitative estimate of drug-likeness (QED) is 0.719. The summed E-state index contributed by atoms with van der Waals surface area (Å²) in [6.07, 6.45) is 0.607. The lowest BCUT2D eigenvalue weighted by Gasteiger charge is -2.11. The van der Waals surface area contributed by atoms with Crippen molar-refractivity contribution in [2.75, 3.05) is 25.6 Å². The van der Waals surface area contributed by atoms with Crippen LogP contribution in [0.5, 0.6) is 5.75 Å². The molecule has 0 saturated carbocycles. The molecule has 0 fully saturated rings. The summed E-state index contributed by atoms with van der Waals surface area (Å²) < 4.78 is 10.3. The number of nitrogens with two attached hydrogens (primary N) is 1. The molecule has 1 amide bonds. The van der Waals surface area contributed by atoms with Crippen LogP contribution < -0.4 is 15.8 Å². The van der Waals surface area contributed by atoms with Crippen LogP contribution in [0, 0.1) is 0 Å². The number of hydrogen-bond acceptors (Lipinski definition) is 4. The van der Waals surface area contributed by atoms with E-state index in [1.807, 2.05) is 19.1 Å². The molecular formula is C13H20N2O3. The first-order valence-electron chi connectivity index (χ1n) is 5.95. The van der Waals surface area contributed by atoms with Crippen molar-refractivity contribution in [2.45, 2.75) is 19.4 Å². The summed E-state index contributed by atoms with van der Waals surface area (Å²) in [6, 6.07) is 6.71. The third-order valence-corrected chi connectivity index (χ3v) is 2.43. The minimum absolute atomic E-state index is 0.188. The van der Waals surface area contributed by atoms with Crippen molar-refractivity contribution >= 4 is 11.6 Å². The van der Waals surface area contributed by atoms with Crippen molar-refractivity contribution in [3.8, 4) is 5.75 Å². The van der Waals surface area contributed by atoms with E-state index in [2.05, 4.69) is 5.32 Å². The second kappa shape index (κ2) is 7.68. The van der Waals surface area contributed by atoms with Crippen molar-refractivity contribution in [3.05, 3.63) is 24.3 Å². The van der Waals surface area contributed by atoms with Gasteiger partial charge in [0.1, 0.15) is 12.4 Å². The average molecular weight is 252 g/mol. The van der Waals surface area contributed by atoms with Gasteiger partial charge in [-0.3, -0.25) is 4.79 Å². The van der Waals surface area contributed by atoms with Gasteiger partial charge in [-0.25, -0.2) is 0 Å². The summed E-state index contributed by atoms with van der Waals surface area (Å²) in [7, 11) is 1.62. The Morgan fingerprint density at radius 1 is 1.44 bits per heavy atom. The number of rotatable bonds is 7. The predicted octanol–water partition coefficient (Wildman–Crippen LogP) is 1.39. The largest absolute Gasteiger partial charge is 0.491 e. The highest BCUT2D eigenvalue weighted by atomic mass is 16.5. The van der Waals surface area contributed by atoms with Crippen LogP contribution in [-0.2, 0) is 9.53 Å². The maximum atomic E-state index is 11.6. The maximum Gasteiger partial charge on any atom is 0.241 e. The number of hydrogen-bond donors (Lipinski definition) is 2. The van der Waals surface area contributed by atoms with Crippen molar-refractivity contribution in [1.29, 1.82) is 0 Å². The molecule has 5 heteroatoms. The van der Waals surface area contributed by atoms with Gasteiger partial charge in [-0.15, -0.1) is 0 Å². The minimum atomic E-state index is -0.483. The van der Waals surface area contributed by atoms with Crippen molar-refractivity contribution in [1.82, 2.24) is 0 Å². The number of anilines is 1. The van der Waals surface area contributed by atoms with E-state index in [1.165, 1.54) is 0 Å². The zero-order valence-electron chi connectivity index (χ0n) is 10.8. The zero-order chi connectivity index (χ0) is 13.4. The Balaban J connectivity index is 2.56. The first-order chi connectivity index (χ1) is 8.67. The number of benzene rings is 1. The number of nitrogens with one attached hydrogen (secondary N) is 1. The van der Waals surface area contributed by atoms with Crippen molar-refractivity contribution < 1.29 is 14.3 Å². The molecule has 0 heterocycles. The first-order valence-corrected chi connectivity index (χ1v) is 5.95. The number of ether oxygens (including phenoxy) is 2. The van der Waals surface area contributed by atoms with Gasteiger partial charge in [0.15, 0.2) is 0 Å². The van der Waals surface area contributed by atoms with Gasteiger partial charge in [-0.2, -0.15) is 0 Å². The van der Waals surface area contributed by atoms with E-state index < -0.39 is 6.04 Å². The Morgan fingerprint density at radius 3 is 2.89 bits per heavy atom.